The molecule has 3 N–H and O–H groups in total. The summed E-state index contributed by atoms with van der Waals surface area (Å²) in [6.45, 7) is 6.12. The van der Waals surface area contributed by atoms with Crippen molar-refractivity contribution in [2.24, 2.45) is 23.5 Å². The van der Waals surface area contributed by atoms with E-state index in [1.54, 1.807) is 14.0 Å². The molecule has 0 fully saturated rings. The Morgan fingerprint density at radius 2 is 1.79 bits per heavy atom. The molecule has 4 nitrogen and oxygen atoms in total. The van der Waals surface area contributed by atoms with Gasteiger partial charge in [0.25, 0.3) is 0 Å². The summed E-state index contributed by atoms with van der Waals surface area (Å²) >= 11 is 0. The number of hydrogen-bond acceptors (Lipinski definition) is 3. The Hall–Kier alpha value is -1.39. The fourth-order valence-electron chi connectivity index (χ4n) is 3.18. The van der Waals surface area contributed by atoms with Gasteiger partial charge in [-0.1, -0.05) is 51.1 Å². The summed E-state index contributed by atoms with van der Waals surface area (Å²) in [6, 6.07) is 10.1. The molecule has 0 heterocycles. The Labute approximate surface area is 146 Å². The Kier molecular flexibility index (Phi) is 9.01. The van der Waals surface area contributed by atoms with Crippen LogP contribution in [0, 0.1) is 17.8 Å². The zero-order chi connectivity index (χ0) is 18.1. The van der Waals surface area contributed by atoms with Gasteiger partial charge in [0.2, 0.25) is 0 Å². The predicted molar refractivity (Wildman–Crippen MR) is 97.9 cm³/mol. The lowest BCUT2D eigenvalue weighted by molar-refractivity contribution is -0.141. The average Bonchev–Trinajstić information content (AvgIpc) is 2.57. The van der Waals surface area contributed by atoms with E-state index in [0.29, 0.717) is 11.8 Å². The number of benzene rings is 1. The molecule has 0 spiro atoms. The van der Waals surface area contributed by atoms with Crippen LogP contribution in [0.3, 0.4) is 0 Å². The number of carboxylic acids is 1. The predicted octanol–water partition coefficient (Wildman–Crippen LogP) is 3.73. The summed E-state index contributed by atoms with van der Waals surface area (Å²) in [7, 11) is 1.78. The minimum absolute atomic E-state index is 0.196. The summed E-state index contributed by atoms with van der Waals surface area (Å²) in [5.74, 6) is -0.357. The summed E-state index contributed by atoms with van der Waals surface area (Å²) < 4.78 is 5.71. The molecule has 0 saturated heterocycles. The maximum atomic E-state index is 11.0. The van der Waals surface area contributed by atoms with Gasteiger partial charge in [0, 0.05) is 13.2 Å². The lowest BCUT2D eigenvalue weighted by Gasteiger charge is -2.26. The van der Waals surface area contributed by atoms with E-state index in [-0.39, 0.29) is 12.1 Å². The number of hydrogen-bond donors (Lipinski definition) is 2. The highest BCUT2D eigenvalue weighted by molar-refractivity contribution is 5.70. The van der Waals surface area contributed by atoms with Crippen molar-refractivity contribution in [3.63, 3.8) is 0 Å². The number of carbonyl (C=O) groups is 1. The Morgan fingerprint density at radius 3 is 2.33 bits per heavy atom. The number of nitrogens with two attached hydrogens (primary N) is 1. The average molecular weight is 335 g/mol. The second-order valence-electron chi connectivity index (χ2n) is 7.15. The molecule has 136 valence electrons. The molecule has 0 aromatic heterocycles. The standard InChI is InChI=1S/C20H33NO3/c1-14(10-11-18(21)16(3)20(22)23)12-15(2)19(24-4)13-17-8-6-5-7-9-17/h5-9,14-16,18-19H,10-13,21H2,1-4H3,(H,22,23)/t14?,15-,16-,18-,19-/m0/s1. The normalized spacial score (nSPS) is 17.7. The van der Waals surface area contributed by atoms with Gasteiger partial charge >= 0.3 is 5.97 Å². The van der Waals surface area contributed by atoms with E-state index < -0.39 is 11.9 Å². The van der Waals surface area contributed by atoms with Gasteiger partial charge in [0.1, 0.15) is 0 Å². The first kappa shape index (κ1) is 20.7. The van der Waals surface area contributed by atoms with Crippen molar-refractivity contribution in [2.75, 3.05) is 7.11 Å². The van der Waals surface area contributed by atoms with Crippen LogP contribution in [0.1, 0.15) is 45.6 Å². The molecule has 4 heteroatoms. The Bertz CT molecular complexity index is 477. The molecule has 24 heavy (non-hydrogen) atoms. The highest BCUT2D eigenvalue weighted by Gasteiger charge is 2.23. The molecule has 0 aliphatic carbocycles. The molecule has 0 bridgehead atoms. The molecular weight excluding hydrogens is 302 g/mol. The number of aliphatic carboxylic acids is 1. The first-order valence-electron chi connectivity index (χ1n) is 8.90. The minimum Gasteiger partial charge on any atom is -0.481 e. The smallest absolute Gasteiger partial charge is 0.307 e. The van der Waals surface area contributed by atoms with Gasteiger partial charge in [-0.3, -0.25) is 4.79 Å². The van der Waals surface area contributed by atoms with E-state index in [9.17, 15) is 4.79 Å². The maximum Gasteiger partial charge on any atom is 0.307 e. The third kappa shape index (κ3) is 7.02. The highest BCUT2D eigenvalue weighted by Crippen LogP contribution is 2.24. The summed E-state index contributed by atoms with van der Waals surface area (Å²) in [4.78, 5) is 11.0. The summed E-state index contributed by atoms with van der Waals surface area (Å²) in [5.41, 5.74) is 7.27. The topological polar surface area (TPSA) is 72.5 Å². The van der Waals surface area contributed by atoms with Crippen LogP contribution in [0.5, 0.6) is 0 Å². The van der Waals surface area contributed by atoms with Crippen molar-refractivity contribution in [1.29, 1.82) is 0 Å². The SMILES string of the molecule is CO[C@@H](Cc1ccccc1)[C@@H](C)CC(C)CC[C@H](N)[C@H](C)C(=O)O. The van der Waals surface area contributed by atoms with Crippen LogP contribution in [0.25, 0.3) is 0 Å². The van der Waals surface area contributed by atoms with Gasteiger partial charge in [0.15, 0.2) is 0 Å². The van der Waals surface area contributed by atoms with Crippen molar-refractivity contribution in [3.8, 4) is 0 Å². The van der Waals surface area contributed by atoms with E-state index in [4.69, 9.17) is 15.6 Å². The minimum atomic E-state index is -0.814. The number of ether oxygens (including phenoxy) is 1. The molecule has 1 rings (SSSR count). The van der Waals surface area contributed by atoms with Gasteiger partial charge in [-0.05, 0) is 43.1 Å². The third-order valence-corrected chi connectivity index (χ3v) is 5.02. The Balaban J connectivity index is 2.43. The number of rotatable bonds is 11. The van der Waals surface area contributed by atoms with Gasteiger partial charge in [-0.15, -0.1) is 0 Å². The lowest BCUT2D eigenvalue weighted by Crippen LogP contribution is -2.34. The number of carboxylic acid groups (broad SMARTS) is 1. The Morgan fingerprint density at radius 1 is 1.17 bits per heavy atom. The van der Waals surface area contributed by atoms with Crippen molar-refractivity contribution in [1.82, 2.24) is 0 Å². The molecule has 0 radical (unpaired) electrons. The van der Waals surface area contributed by atoms with Crippen molar-refractivity contribution < 1.29 is 14.6 Å². The van der Waals surface area contributed by atoms with Crippen LogP contribution in [0.15, 0.2) is 30.3 Å². The molecule has 0 amide bonds. The van der Waals surface area contributed by atoms with E-state index in [1.807, 2.05) is 6.07 Å². The van der Waals surface area contributed by atoms with Gasteiger partial charge in [-0.25, -0.2) is 0 Å². The van der Waals surface area contributed by atoms with Crippen LogP contribution in [0.2, 0.25) is 0 Å². The first-order chi connectivity index (χ1) is 11.3. The van der Waals surface area contributed by atoms with E-state index in [1.165, 1.54) is 5.56 Å². The van der Waals surface area contributed by atoms with Gasteiger partial charge in [0.05, 0.1) is 12.0 Å². The van der Waals surface area contributed by atoms with E-state index in [2.05, 4.69) is 38.1 Å². The molecule has 5 atom stereocenters. The molecule has 0 aliphatic heterocycles. The largest absolute Gasteiger partial charge is 0.481 e. The van der Waals surface area contributed by atoms with Gasteiger partial charge < -0.3 is 15.6 Å². The van der Waals surface area contributed by atoms with Crippen LogP contribution in [0.4, 0.5) is 0 Å². The lowest BCUT2D eigenvalue weighted by atomic mass is 9.86. The van der Waals surface area contributed by atoms with Crippen molar-refractivity contribution in [3.05, 3.63) is 35.9 Å². The zero-order valence-corrected chi connectivity index (χ0v) is 15.4. The monoisotopic (exact) mass is 335 g/mol. The second kappa shape index (κ2) is 10.5. The summed E-state index contributed by atoms with van der Waals surface area (Å²) in [5, 5.41) is 9.01. The quantitative estimate of drug-likeness (QED) is 0.646. The van der Waals surface area contributed by atoms with Gasteiger partial charge in [-0.2, -0.15) is 0 Å². The summed E-state index contributed by atoms with van der Waals surface area (Å²) in [6.07, 6.45) is 3.87. The maximum absolute atomic E-state index is 11.0. The van der Waals surface area contributed by atoms with Crippen LogP contribution in [-0.4, -0.2) is 30.3 Å². The van der Waals surface area contributed by atoms with E-state index in [0.717, 1.165) is 25.7 Å². The first-order valence-corrected chi connectivity index (χ1v) is 8.90. The highest BCUT2D eigenvalue weighted by atomic mass is 16.5. The van der Waals surface area contributed by atoms with Crippen LogP contribution in [-0.2, 0) is 16.0 Å². The van der Waals surface area contributed by atoms with Crippen molar-refractivity contribution >= 4 is 5.97 Å². The van der Waals surface area contributed by atoms with Crippen LogP contribution < -0.4 is 5.73 Å². The third-order valence-electron chi connectivity index (χ3n) is 5.02. The molecule has 0 saturated carbocycles. The fraction of sp³-hybridized carbons (Fsp3) is 0.650. The fourth-order valence-corrected chi connectivity index (χ4v) is 3.18. The van der Waals surface area contributed by atoms with E-state index >= 15 is 0 Å². The molecule has 1 unspecified atom stereocenters. The number of methoxy groups -OCH3 is 1. The molecule has 0 aliphatic rings. The molecular formula is C20H33NO3. The molecule has 1 aromatic carbocycles. The molecule has 1 aromatic rings. The second-order valence-corrected chi connectivity index (χ2v) is 7.15. The van der Waals surface area contributed by atoms with Crippen LogP contribution >= 0.6 is 0 Å². The van der Waals surface area contributed by atoms with Crippen molar-refractivity contribution in [2.45, 2.75) is 58.6 Å². The zero-order valence-electron chi connectivity index (χ0n) is 15.4.